The van der Waals surface area contributed by atoms with Gasteiger partial charge in [-0.15, -0.1) is 10.2 Å². The molecule has 46 heavy (non-hydrogen) atoms. The highest BCUT2D eigenvalue weighted by Gasteiger charge is 2.18. The first-order chi connectivity index (χ1) is 22.2. The van der Waals surface area contributed by atoms with Gasteiger partial charge in [-0.25, -0.2) is 0 Å². The minimum atomic E-state index is -4.52. The van der Waals surface area contributed by atoms with Crippen molar-refractivity contribution in [3.8, 4) is 11.1 Å². The number of hydrogen-bond donors (Lipinski definition) is 3. The maximum Gasteiger partial charge on any atom is 0.295 e. The Balaban J connectivity index is 1.20. The molecule has 0 amide bonds. The summed E-state index contributed by atoms with van der Waals surface area (Å²) in [5.41, 5.74) is 16.7. The Morgan fingerprint density at radius 3 is 1.59 bits per heavy atom. The quantitative estimate of drug-likeness (QED) is 0.0345. The molecule has 0 bridgehead atoms. The number of anilines is 2. The topological polar surface area (TPSA) is 197 Å². The van der Waals surface area contributed by atoms with E-state index >= 15 is 0 Å². The summed E-state index contributed by atoms with van der Waals surface area (Å²) in [6, 6.07) is 31.5. The lowest BCUT2D eigenvalue weighted by atomic mass is 10.1. The molecule has 6 rings (SSSR count). The second-order valence-corrected chi connectivity index (χ2v) is 12.0. The van der Waals surface area contributed by atoms with Gasteiger partial charge in [0.1, 0.15) is 16.3 Å². The van der Waals surface area contributed by atoms with E-state index in [0.717, 1.165) is 33.9 Å². The Bertz CT molecular complexity index is 2240. The van der Waals surface area contributed by atoms with Crippen molar-refractivity contribution in [3.05, 3.63) is 109 Å². The number of azo groups is 2. The maximum atomic E-state index is 12.0. The molecule has 0 atom stereocenters. The second kappa shape index (κ2) is 13.0. The predicted octanol–water partition coefficient (Wildman–Crippen LogP) is 8.13. The van der Waals surface area contributed by atoms with Crippen molar-refractivity contribution >= 4 is 77.8 Å². The second-order valence-electron chi connectivity index (χ2n) is 9.89. The van der Waals surface area contributed by atoms with Gasteiger partial charge in [0.2, 0.25) is 0 Å². The summed E-state index contributed by atoms with van der Waals surface area (Å²) in [5, 5.41) is 33.2. The third kappa shape index (κ3) is 6.43. The number of benzene rings is 6. The van der Waals surface area contributed by atoms with Crippen molar-refractivity contribution in [2.24, 2.45) is 20.5 Å². The third-order valence-electron chi connectivity index (χ3n) is 7.10. The zero-order valence-electron chi connectivity index (χ0n) is 23.6. The van der Waals surface area contributed by atoms with E-state index in [1.165, 1.54) is 6.07 Å². The fourth-order valence-corrected chi connectivity index (χ4v) is 6.11. The van der Waals surface area contributed by atoms with Gasteiger partial charge in [0, 0.05) is 21.1 Å². The average molecular weight is 652 g/mol. The fraction of sp³-hybridized carbons (Fsp3) is 0. The van der Waals surface area contributed by atoms with Crippen molar-refractivity contribution in [3.63, 3.8) is 0 Å². The highest BCUT2D eigenvalue weighted by Crippen LogP contribution is 2.40. The Labute approximate surface area is 266 Å². The van der Waals surface area contributed by atoms with Crippen LogP contribution < -0.4 is 16.7 Å². The van der Waals surface area contributed by atoms with E-state index < -0.39 is 10.1 Å². The first-order valence-corrected chi connectivity index (χ1v) is 15.7. The van der Waals surface area contributed by atoms with Crippen molar-refractivity contribution in [2.75, 3.05) is 11.5 Å². The Morgan fingerprint density at radius 2 is 1.09 bits per heavy atom. The van der Waals surface area contributed by atoms with Gasteiger partial charge in [0.25, 0.3) is 10.1 Å². The van der Waals surface area contributed by atoms with Gasteiger partial charge in [0.15, 0.2) is 0 Å². The fourth-order valence-electron chi connectivity index (χ4n) is 4.86. The van der Waals surface area contributed by atoms with E-state index in [1.54, 1.807) is 42.5 Å². The number of hydrogen-bond acceptors (Lipinski definition) is 12. The van der Waals surface area contributed by atoms with Gasteiger partial charge in [-0.3, -0.25) is 9.59 Å². The van der Waals surface area contributed by atoms with Crippen molar-refractivity contribution in [2.45, 2.75) is 9.79 Å². The molecule has 0 fully saturated rings. The van der Waals surface area contributed by atoms with Gasteiger partial charge in [-0.1, -0.05) is 72.8 Å². The molecule has 0 aromatic heterocycles. The van der Waals surface area contributed by atoms with E-state index in [0.29, 0.717) is 38.4 Å². The standard InChI is InChI=1S/C32H24N6O6S2/c33-31-25-7-3-1-5-23(25)29(45-44-43-39)17-27(31)37-35-21-13-9-19(10-14-21)20-11-15-22(16-12-20)36-38-28-18-30(46(40,41)42)24-6-2-4-8-26(24)32(28)34/h1-18,39H,33-34H2,(H,40,41,42)/p-1. The van der Waals surface area contributed by atoms with Crippen LogP contribution in [0.1, 0.15) is 0 Å². The lowest BCUT2D eigenvalue weighted by molar-refractivity contribution is -0.777. The van der Waals surface area contributed by atoms with Crippen molar-refractivity contribution in [1.82, 2.24) is 0 Å². The molecule has 0 saturated heterocycles. The summed E-state index contributed by atoms with van der Waals surface area (Å²) >= 11 is 0.758. The SMILES string of the molecule is Nc1c(N=Nc2ccc(-c3ccc(N=Nc4cc(S(=O)(=O)O)c5ccccc5c4N)cc3)cc2)cc(SOO[O-])c2ccccc12. The lowest BCUT2D eigenvalue weighted by Gasteiger charge is -2.11. The molecule has 6 aromatic carbocycles. The lowest BCUT2D eigenvalue weighted by Crippen LogP contribution is -2.01. The van der Waals surface area contributed by atoms with E-state index in [4.69, 9.17) is 11.5 Å². The molecule has 0 saturated carbocycles. The first-order valence-electron chi connectivity index (χ1n) is 13.5. The first kappa shape index (κ1) is 30.8. The van der Waals surface area contributed by atoms with Crippen LogP contribution in [0, 0.1) is 0 Å². The van der Waals surface area contributed by atoms with Crippen LogP contribution in [-0.2, 0) is 19.5 Å². The van der Waals surface area contributed by atoms with E-state index in [2.05, 4.69) is 29.8 Å². The molecule has 0 aliphatic rings. The molecule has 0 aliphatic heterocycles. The summed E-state index contributed by atoms with van der Waals surface area (Å²) in [6.07, 6.45) is 0. The van der Waals surface area contributed by atoms with Crippen LogP contribution in [0.2, 0.25) is 0 Å². The van der Waals surface area contributed by atoms with E-state index in [9.17, 15) is 18.2 Å². The highest BCUT2D eigenvalue weighted by atomic mass is 32.2. The molecule has 12 nitrogen and oxygen atoms in total. The largest absolute Gasteiger partial charge is 0.691 e. The molecule has 0 unspecified atom stereocenters. The maximum absolute atomic E-state index is 12.0. The van der Waals surface area contributed by atoms with Gasteiger partial charge >= 0.3 is 0 Å². The zero-order chi connectivity index (χ0) is 32.3. The van der Waals surface area contributed by atoms with E-state index in [-0.39, 0.29) is 16.3 Å². The van der Waals surface area contributed by atoms with Crippen LogP contribution in [0.4, 0.5) is 34.1 Å². The number of rotatable bonds is 9. The van der Waals surface area contributed by atoms with Gasteiger partial charge in [0.05, 0.1) is 34.8 Å². The summed E-state index contributed by atoms with van der Waals surface area (Å²) in [4.78, 5) is 0.297. The van der Waals surface area contributed by atoms with Crippen LogP contribution in [0.15, 0.2) is 139 Å². The molecular formula is C32H23N6O6S2-. The summed E-state index contributed by atoms with van der Waals surface area (Å²) in [7, 11) is -4.52. The molecular weight excluding hydrogens is 629 g/mol. The van der Waals surface area contributed by atoms with Crippen molar-refractivity contribution < 1.29 is 27.6 Å². The molecule has 0 spiro atoms. The predicted molar refractivity (Wildman–Crippen MR) is 175 cm³/mol. The molecule has 230 valence electrons. The minimum absolute atomic E-state index is 0.116. The molecule has 0 aliphatic carbocycles. The zero-order valence-corrected chi connectivity index (χ0v) is 25.3. The Hall–Kier alpha value is -5.22. The minimum Gasteiger partial charge on any atom is -0.691 e. The summed E-state index contributed by atoms with van der Waals surface area (Å²) in [6.45, 7) is 0. The Kier molecular flexibility index (Phi) is 8.72. The highest BCUT2D eigenvalue weighted by molar-refractivity contribution is 7.94. The Morgan fingerprint density at radius 1 is 0.630 bits per heavy atom. The molecule has 14 heteroatoms. The van der Waals surface area contributed by atoms with Crippen LogP contribution in [0.25, 0.3) is 32.7 Å². The number of fused-ring (bicyclic) bond motifs is 2. The number of nitrogens with zero attached hydrogens (tertiary/aromatic N) is 4. The molecule has 6 aromatic rings. The normalized spacial score (nSPS) is 12.1. The van der Waals surface area contributed by atoms with Gasteiger partial charge < -0.3 is 16.7 Å². The summed E-state index contributed by atoms with van der Waals surface area (Å²) < 4.78 is 38.2. The summed E-state index contributed by atoms with van der Waals surface area (Å²) in [5.74, 6) is 0. The third-order valence-corrected chi connectivity index (χ3v) is 8.63. The molecule has 0 heterocycles. The number of nitrogen functional groups attached to an aromatic ring is 2. The van der Waals surface area contributed by atoms with Crippen molar-refractivity contribution in [1.29, 1.82) is 0 Å². The molecule has 0 radical (unpaired) electrons. The van der Waals surface area contributed by atoms with Crippen LogP contribution >= 0.6 is 12.0 Å². The van der Waals surface area contributed by atoms with Crippen LogP contribution in [0.5, 0.6) is 0 Å². The van der Waals surface area contributed by atoms with Gasteiger partial charge in [-0.2, -0.15) is 23.0 Å². The molecule has 5 N–H and O–H groups in total. The number of nitrogens with two attached hydrogens (primary N) is 2. The monoisotopic (exact) mass is 651 g/mol. The van der Waals surface area contributed by atoms with Crippen LogP contribution in [-0.4, -0.2) is 13.0 Å². The van der Waals surface area contributed by atoms with Gasteiger partial charge in [-0.05, 0) is 52.9 Å². The van der Waals surface area contributed by atoms with Crippen LogP contribution in [0.3, 0.4) is 0 Å². The smallest absolute Gasteiger partial charge is 0.295 e. The average Bonchev–Trinajstić information content (AvgIpc) is 3.07. The van der Waals surface area contributed by atoms with E-state index in [1.807, 2.05) is 60.7 Å².